The summed E-state index contributed by atoms with van der Waals surface area (Å²) in [6, 6.07) is 10.1. The van der Waals surface area contributed by atoms with Crippen LogP contribution in [0.3, 0.4) is 0 Å². The van der Waals surface area contributed by atoms with Gasteiger partial charge in [0.2, 0.25) is 0 Å². The van der Waals surface area contributed by atoms with Gasteiger partial charge in [-0.15, -0.1) is 11.3 Å². The van der Waals surface area contributed by atoms with Gasteiger partial charge in [-0.3, -0.25) is 4.79 Å². The summed E-state index contributed by atoms with van der Waals surface area (Å²) in [6.07, 6.45) is 0. The molecule has 0 fully saturated rings. The lowest BCUT2D eigenvalue weighted by atomic mass is 10.2. The summed E-state index contributed by atoms with van der Waals surface area (Å²) in [5, 5.41) is 2.78. The minimum absolute atomic E-state index is 0.223. The van der Waals surface area contributed by atoms with Crippen molar-refractivity contribution in [3.05, 3.63) is 47.0 Å². The lowest BCUT2D eigenvalue weighted by Crippen LogP contribution is -2.11. The van der Waals surface area contributed by atoms with Crippen molar-refractivity contribution in [3.8, 4) is 0 Å². The molecule has 0 unspecified atom stereocenters. The average molecular weight is 249 g/mol. The highest BCUT2D eigenvalue weighted by atomic mass is 32.2. The Morgan fingerprint density at radius 1 is 1.44 bits per heavy atom. The van der Waals surface area contributed by atoms with Gasteiger partial charge in [-0.05, 0) is 5.56 Å². The number of carbonyl (C=O) groups excluding carboxylic acids is 1. The fraction of sp³-hybridized carbons (Fsp3) is 0.0909. The molecule has 1 amide bonds. The van der Waals surface area contributed by atoms with Crippen LogP contribution in [-0.4, -0.2) is 10.9 Å². The molecule has 0 aliphatic heterocycles. The van der Waals surface area contributed by atoms with E-state index in [1.54, 1.807) is 11.8 Å². The van der Waals surface area contributed by atoms with Crippen LogP contribution in [0.15, 0.2) is 34.7 Å². The van der Waals surface area contributed by atoms with Crippen LogP contribution in [-0.2, 0) is 5.75 Å². The third kappa shape index (κ3) is 2.84. The molecule has 2 aromatic rings. The lowest BCUT2D eigenvalue weighted by Gasteiger charge is -1.97. The van der Waals surface area contributed by atoms with Crippen LogP contribution in [0.25, 0.3) is 0 Å². The van der Waals surface area contributed by atoms with E-state index in [1.807, 2.05) is 18.2 Å². The van der Waals surface area contributed by atoms with Crippen LogP contribution in [0, 0.1) is 5.38 Å². The van der Waals surface area contributed by atoms with E-state index < -0.39 is 5.91 Å². The first-order valence-electron chi connectivity index (χ1n) is 4.61. The SMILES string of the molecule is NC(=O)c1[c]sc(SCc2ccccc2)n1. The molecule has 16 heavy (non-hydrogen) atoms. The molecule has 0 atom stereocenters. The van der Waals surface area contributed by atoms with Crippen LogP contribution >= 0.6 is 23.1 Å². The van der Waals surface area contributed by atoms with Gasteiger partial charge in [0, 0.05) is 5.75 Å². The lowest BCUT2D eigenvalue weighted by molar-refractivity contribution is 0.0995. The highest BCUT2D eigenvalue weighted by Crippen LogP contribution is 2.25. The predicted molar refractivity (Wildman–Crippen MR) is 65.5 cm³/mol. The van der Waals surface area contributed by atoms with Crippen molar-refractivity contribution in [2.24, 2.45) is 5.73 Å². The second-order valence-corrected chi connectivity index (χ2v) is 5.09. The predicted octanol–water partition coefficient (Wildman–Crippen LogP) is 2.33. The zero-order valence-electron chi connectivity index (χ0n) is 8.34. The normalized spacial score (nSPS) is 10.2. The number of thiazole rings is 1. The molecular weight excluding hydrogens is 240 g/mol. The molecule has 1 heterocycles. The first-order chi connectivity index (χ1) is 7.75. The Hall–Kier alpha value is -1.33. The molecule has 1 aromatic heterocycles. The van der Waals surface area contributed by atoms with Gasteiger partial charge in [-0.25, -0.2) is 4.98 Å². The molecule has 5 heteroatoms. The van der Waals surface area contributed by atoms with Gasteiger partial charge in [-0.1, -0.05) is 42.1 Å². The van der Waals surface area contributed by atoms with Crippen LogP contribution in [0.5, 0.6) is 0 Å². The molecule has 0 aliphatic carbocycles. The molecule has 0 saturated heterocycles. The Balaban J connectivity index is 1.97. The fourth-order valence-electron chi connectivity index (χ4n) is 1.12. The van der Waals surface area contributed by atoms with Crippen molar-refractivity contribution >= 4 is 29.0 Å². The quantitative estimate of drug-likeness (QED) is 0.846. The summed E-state index contributed by atoms with van der Waals surface area (Å²) in [5.74, 6) is 0.309. The summed E-state index contributed by atoms with van der Waals surface area (Å²) >= 11 is 2.90. The monoisotopic (exact) mass is 249 g/mol. The molecule has 3 nitrogen and oxygen atoms in total. The first-order valence-corrected chi connectivity index (χ1v) is 6.41. The number of hydrogen-bond acceptors (Lipinski definition) is 4. The zero-order valence-corrected chi connectivity index (χ0v) is 9.98. The topological polar surface area (TPSA) is 56.0 Å². The Labute approximate surface area is 102 Å². The van der Waals surface area contributed by atoms with Gasteiger partial charge in [0.05, 0.1) is 5.38 Å². The Morgan fingerprint density at radius 2 is 2.19 bits per heavy atom. The largest absolute Gasteiger partial charge is 0.364 e. The van der Waals surface area contributed by atoms with Crippen molar-refractivity contribution in [2.75, 3.05) is 0 Å². The third-order valence-electron chi connectivity index (χ3n) is 1.88. The van der Waals surface area contributed by atoms with E-state index in [0.717, 1.165) is 10.1 Å². The van der Waals surface area contributed by atoms with Gasteiger partial charge in [0.15, 0.2) is 4.34 Å². The maximum atomic E-state index is 10.8. The summed E-state index contributed by atoms with van der Waals surface area (Å²) in [6.45, 7) is 0. The van der Waals surface area contributed by atoms with Crippen molar-refractivity contribution in [3.63, 3.8) is 0 Å². The number of nitrogens with two attached hydrogens (primary N) is 1. The van der Waals surface area contributed by atoms with Crippen LogP contribution < -0.4 is 5.73 Å². The number of rotatable bonds is 4. The van der Waals surface area contributed by atoms with Crippen LogP contribution in [0.4, 0.5) is 0 Å². The number of benzene rings is 1. The standard InChI is InChI=1S/C11H9N2OS2/c12-10(14)9-7-16-11(13-9)15-6-8-4-2-1-3-5-8/h1-5H,6H2,(H2,12,14). The number of nitrogens with zero attached hydrogens (tertiary/aromatic N) is 1. The summed E-state index contributed by atoms with van der Waals surface area (Å²) in [7, 11) is 0. The number of aromatic nitrogens is 1. The van der Waals surface area contributed by atoms with Crippen LogP contribution in [0.2, 0.25) is 0 Å². The molecule has 0 bridgehead atoms. The number of carbonyl (C=O) groups is 1. The summed E-state index contributed by atoms with van der Waals surface area (Å²) < 4.78 is 0.817. The van der Waals surface area contributed by atoms with Gasteiger partial charge in [0.1, 0.15) is 5.69 Å². The average Bonchev–Trinajstić information content (AvgIpc) is 2.76. The van der Waals surface area contributed by atoms with Gasteiger partial charge in [0.25, 0.3) is 5.91 Å². The van der Waals surface area contributed by atoms with Gasteiger partial charge < -0.3 is 5.73 Å². The smallest absolute Gasteiger partial charge is 0.268 e. The second-order valence-electron chi connectivity index (χ2n) is 3.07. The Morgan fingerprint density at radius 3 is 2.81 bits per heavy atom. The second kappa shape index (κ2) is 5.14. The summed E-state index contributed by atoms with van der Waals surface area (Å²) in [5.41, 5.74) is 6.55. The maximum Gasteiger partial charge on any atom is 0.268 e. The van der Waals surface area contributed by atoms with Crippen molar-refractivity contribution in [1.29, 1.82) is 0 Å². The van der Waals surface area contributed by atoms with E-state index in [0.29, 0.717) is 0 Å². The Bertz CT molecular complexity index is 482. The number of amides is 1. The molecule has 0 saturated carbocycles. The number of hydrogen-bond donors (Lipinski definition) is 1. The van der Waals surface area contributed by atoms with E-state index >= 15 is 0 Å². The molecule has 2 rings (SSSR count). The highest BCUT2D eigenvalue weighted by molar-refractivity contribution is 8.00. The van der Waals surface area contributed by atoms with Gasteiger partial charge >= 0.3 is 0 Å². The molecular formula is C11H9N2OS2. The van der Waals surface area contributed by atoms with E-state index in [-0.39, 0.29) is 5.69 Å². The molecule has 0 aliphatic rings. The Kier molecular flexibility index (Phi) is 3.58. The highest BCUT2D eigenvalue weighted by Gasteiger charge is 2.07. The minimum atomic E-state index is -0.525. The van der Waals surface area contributed by atoms with E-state index in [4.69, 9.17) is 5.73 Å². The molecule has 1 radical (unpaired) electrons. The minimum Gasteiger partial charge on any atom is -0.364 e. The third-order valence-corrected chi connectivity index (χ3v) is 3.86. The van der Waals surface area contributed by atoms with Crippen molar-refractivity contribution < 1.29 is 4.79 Å². The fourth-order valence-corrected chi connectivity index (χ4v) is 2.76. The summed E-state index contributed by atoms with van der Waals surface area (Å²) in [4.78, 5) is 14.9. The van der Waals surface area contributed by atoms with Crippen molar-refractivity contribution in [2.45, 2.75) is 10.1 Å². The zero-order chi connectivity index (χ0) is 11.4. The van der Waals surface area contributed by atoms with Crippen LogP contribution in [0.1, 0.15) is 16.1 Å². The van der Waals surface area contributed by atoms with E-state index in [1.165, 1.54) is 16.9 Å². The maximum absolute atomic E-state index is 10.8. The number of primary amides is 1. The molecule has 1 aromatic carbocycles. The van der Waals surface area contributed by atoms with E-state index in [9.17, 15) is 4.79 Å². The molecule has 2 N–H and O–H groups in total. The van der Waals surface area contributed by atoms with Gasteiger partial charge in [-0.2, -0.15) is 0 Å². The molecule has 0 spiro atoms. The number of thioether (sulfide) groups is 1. The van der Waals surface area contributed by atoms with E-state index in [2.05, 4.69) is 22.5 Å². The first kappa shape index (κ1) is 11.2. The van der Waals surface area contributed by atoms with Crippen molar-refractivity contribution in [1.82, 2.24) is 4.98 Å². The molecule has 81 valence electrons.